The Hall–Kier alpha value is -2.06. The smallest absolute Gasteiger partial charge is 0.149 e. The van der Waals surface area contributed by atoms with Gasteiger partial charge in [-0.25, -0.2) is 0 Å². The van der Waals surface area contributed by atoms with Crippen molar-refractivity contribution < 1.29 is 9.53 Å². The predicted octanol–water partition coefficient (Wildman–Crippen LogP) is 4.87. The van der Waals surface area contributed by atoms with E-state index in [4.69, 9.17) is 16.3 Å². The Morgan fingerprint density at radius 2 is 1.95 bits per heavy atom. The molecule has 2 nitrogen and oxygen atoms in total. The van der Waals surface area contributed by atoms with Crippen LogP contribution in [0.15, 0.2) is 73.6 Å². The van der Waals surface area contributed by atoms with Crippen LogP contribution in [0.3, 0.4) is 0 Å². The first-order chi connectivity index (χ1) is 9.58. The second-order valence-corrected chi connectivity index (χ2v) is 4.14. The molecule has 0 bridgehead atoms. The van der Waals surface area contributed by atoms with E-state index in [9.17, 15) is 4.79 Å². The first-order valence-corrected chi connectivity index (χ1v) is 6.38. The zero-order chi connectivity index (χ0) is 15.4. The van der Waals surface area contributed by atoms with Crippen molar-refractivity contribution in [1.29, 1.82) is 0 Å². The van der Waals surface area contributed by atoms with E-state index < -0.39 is 0 Å². The molecular weight excluding hydrogens is 272 g/mol. The van der Waals surface area contributed by atoms with E-state index in [2.05, 4.69) is 19.7 Å². The van der Waals surface area contributed by atoms with Crippen molar-refractivity contribution in [3.05, 3.63) is 84.1 Å². The van der Waals surface area contributed by atoms with E-state index in [0.717, 1.165) is 5.56 Å². The molecule has 20 heavy (non-hydrogen) atoms. The van der Waals surface area contributed by atoms with Gasteiger partial charge in [-0.2, -0.15) is 0 Å². The summed E-state index contributed by atoms with van der Waals surface area (Å²) in [4.78, 5) is 10.4. The van der Waals surface area contributed by atoms with E-state index in [1.165, 1.54) is 12.2 Å². The van der Waals surface area contributed by atoms with Crippen molar-refractivity contribution in [3.63, 3.8) is 0 Å². The molecule has 0 atom stereocenters. The maximum absolute atomic E-state index is 10.4. The van der Waals surface area contributed by atoms with Gasteiger partial charge in [0, 0.05) is 16.2 Å². The lowest BCUT2D eigenvalue weighted by molar-refractivity contribution is -0.104. The van der Waals surface area contributed by atoms with Crippen LogP contribution in [0.5, 0.6) is 0 Å². The average molecular weight is 291 g/mol. The number of hydrogen-bond donors (Lipinski definition) is 0. The summed E-state index contributed by atoms with van der Waals surface area (Å²) in [6.07, 6.45) is 5.45. The minimum absolute atomic E-state index is 0.323. The number of allylic oxidation sites excluding steroid dienone is 4. The van der Waals surface area contributed by atoms with Crippen LogP contribution in [0.1, 0.15) is 12.5 Å². The Kier molecular flexibility index (Phi) is 9.71. The van der Waals surface area contributed by atoms with Gasteiger partial charge in [0.2, 0.25) is 0 Å². The minimum Gasteiger partial charge on any atom is -0.489 e. The molecule has 1 aromatic carbocycles. The topological polar surface area (TPSA) is 26.3 Å². The summed E-state index contributed by atoms with van der Waals surface area (Å²) in [5, 5.41) is 0.644. The number of ether oxygens (including phenoxy) is 1. The highest BCUT2D eigenvalue weighted by Crippen LogP contribution is 2.17. The number of carbonyl (C=O) groups is 1. The molecule has 0 aromatic heterocycles. The van der Waals surface area contributed by atoms with Gasteiger partial charge < -0.3 is 4.74 Å². The minimum atomic E-state index is 0.323. The number of carbonyl (C=O) groups excluding carboxylic acids is 1. The van der Waals surface area contributed by atoms with Crippen molar-refractivity contribution in [2.75, 3.05) is 0 Å². The predicted molar refractivity (Wildman–Crippen MR) is 85.6 cm³/mol. The molecule has 106 valence electrons. The number of hydrogen-bond acceptors (Lipinski definition) is 2. The van der Waals surface area contributed by atoms with Crippen LogP contribution in [0.4, 0.5) is 0 Å². The highest BCUT2D eigenvalue weighted by atomic mass is 35.5. The van der Waals surface area contributed by atoms with Crippen LogP contribution in [-0.2, 0) is 16.1 Å². The summed E-state index contributed by atoms with van der Waals surface area (Å²) < 4.78 is 5.47. The number of aldehydes is 1. The summed E-state index contributed by atoms with van der Waals surface area (Å²) in [7, 11) is 0. The molecule has 0 radical (unpaired) electrons. The zero-order valence-corrected chi connectivity index (χ0v) is 12.4. The lowest BCUT2D eigenvalue weighted by Gasteiger charge is -2.08. The van der Waals surface area contributed by atoms with E-state index in [1.54, 1.807) is 12.1 Å². The first-order valence-electron chi connectivity index (χ1n) is 6.00. The van der Waals surface area contributed by atoms with Gasteiger partial charge in [-0.3, -0.25) is 4.79 Å². The average Bonchev–Trinajstić information content (AvgIpc) is 2.45. The monoisotopic (exact) mass is 290 g/mol. The molecule has 0 saturated carbocycles. The highest BCUT2D eigenvalue weighted by Gasteiger charge is 2.00. The fourth-order valence-electron chi connectivity index (χ4n) is 1.15. The normalized spacial score (nSPS) is 9.80. The summed E-state index contributed by atoms with van der Waals surface area (Å²) in [6.45, 7) is 12.7. The lowest BCUT2D eigenvalue weighted by atomic mass is 10.2. The highest BCUT2D eigenvalue weighted by molar-refractivity contribution is 6.31. The molecule has 1 rings (SSSR count). The molecule has 0 aliphatic carbocycles. The zero-order valence-electron chi connectivity index (χ0n) is 11.6. The molecule has 0 aliphatic heterocycles. The molecule has 0 heterocycles. The largest absolute Gasteiger partial charge is 0.489 e. The third kappa shape index (κ3) is 7.39. The van der Waals surface area contributed by atoms with Crippen molar-refractivity contribution in [3.8, 4) is 0 Å². The van der Waals surface area contributed by atoms with E-state index in [1.807, 2.05) is 25.1 Å². The Balaban J connectivity index is 0.00000110. The van der Waals surface area contributed by atoms with E-state index in [-0.39, 0.29) is 0 Å². The second-order valence-electron chi connectivity index (χ2n) is 3.73. The molecule has 0 amide bonds. The molecule has 0 spiro atoms. The lowest BCUT2D eigenvalue weighted by Crippen LogP contribution is -1.93. The summed E-state index contributed by atoms with van der Waals surface area (Å²) in [5.41, 5.74) is 1.21. The molecule has 0 fully saturated rings. The van der Waals surface area contributed by atoms with Gasteiger partial charge in [-0.05, 0) is 25.1 Å². The maximum atomic E-state index is 10.4. The molecule has 0 saturated heterocycles. The summed E-state index contributed by atoms with van der Waals surface area (Å²) in [5.74, 6) is 0.488. The SMILES string of the molecule is C=C/C(=C\C(=C)C=O)OCc1ccccc1Cl.C=CC. The van der Waals surface area contributed by atoms with Crippen molar-refractivity contribution >= 4 is 17.9 Å². The first kappa shape index (κ1) is 17.9. The van der Waals surface area contributed by atoms with E-state index >= 15 is 0 Å². The van der Waals surface area contributed by atoms with Crippen LogP contribution < -0.4 is 0 Å². The van der Waals surface area contributed by atoms with Gasteiger partial charge in [0.25, 0.3) is 0 Å². The number of rotatable bonds is 6. The fraction of sp³-hybridized carbons (Fsp3) is 0.118. The van der Waals surface area contributed by atoms with Crippen LogP contribution >= 0.6 is 11.6 Å². The van der Waals surface area contributed by atoms with Crippen LogP contribution in [-0.4, -0.2) is 6.29 Å². The van der Waals surface area contributed by atoms with Gasteiger partial charge in [0.1, 0.15) is 18.7 Å². The molecular formula is C17H19ClO2. The standard InChI is InChI=1S/C14H13ClO2.C3H6/c1-3-13(8-11(2)9-16)17-10-12-6-4-5-7-14(12)15;1-3-2/h3-9H,1-2,10H2;3H,1H2,2H3/b13-8+;. The van der Waals surface area contributed by atoms with Gasteiger partial charge in [0.05, 0.1) is 0 Å². The molecule has 0 unspecified atom stereocenters. The van der Waals surface area contributed by atoms with Gasteiger partial charge in [-0.15, -0.1) is 6.58 Å². The Morgan fingerprint density at radius 1 is 1.35 bits per heavy atom. The Labute approximate surface area is 125 Å². The second kappa shape index (κ2) is 10.8. The Bertz CT molecular complexity index is 501. The molecule has 0 aliphatic rings. The molecule has 3 heteroatoms. The van der Waals surface area contributed by atoms with Crippen LogP contribution in [0.25, 0.3) is 0 Å². The van der Waals surface area contributed by atoms with Gasteiger partial charge >= 0.3 is 0 Å². The van der Waals surface area contributed by atoms with Crippen LogP contribution in [0.2, 0.25) is 5.02 Å². The van der Waals surface area contributed by atoms with Crippen molar-refractivity contribution in [2.45, 2.75) is 13.5 Å². The van der Waals surface area contributed by atoms with Crippen molar-refractivity contribution in [2.24, 2.45) is 0 Å². The van der Waals surface area contributed by atoms with Gasteiger partial charge in [0.15, 0.2) is 0 Å². The molecule has 0 N–H and O–H groups in total. The summed E-state index contributed by atoms with van der Waals surface area (Å²) >= 11 is 5.98. The third-order valence-electron chi connectivity index (χ3n) is 2.03. The van der Waals surface area contributed by atoms with Crippen molar-refractivity contribution in [1.82, 2.24) is 0 Å². The van der Waals surface area contributed by atoms with Crippen LogP contribution in [0, 0.1) is 0 Å². The summed E-state index contributed by atoms with van der Waals surface area (Å²) in [6, 6.07) is 7.40. The molecule has 1 aromatic rings. The van der Waals surface area contributed by atoms with Gasteiger partial charge in [-0.1, -0.05) is 49.0 Å². The quantitative estimate of drug-likeness (QED) is 0.245. The Morgan fingerprint density at radius 3 is 2.45 bits per heavy atom. The third-order valence-corrected chi connectivity index (χ3v) is 2.40. The number of halogens is 1. The van der Waals surface area contributed by atoms with E-state index in [0.29, 0.717) is 29.2 Å². The maximum Gasteiger partial charge on any atom is 0.149 e. The fourth-order valence-corrected chi connectivity index (χ4v) is 1.34. The number of benzene rings is 1.